The number of amides is 2. The summed E-state index contributed by atoms with van der Waals surface area (Å²) in [6, 6.07) is 25.9. The topological polar surface area (TPSA) is 108 Å². The van der Waals surface area contributed by atoms with Gasteiger partial charge in [0.2, 0.25) is 0 Å². The van der Waals surface area contributed by atoms with E-state index in [2.05, 4.69) is 25.8 Å². The fourth-order valence-corrected chi connectivity index (χ4v) is 4.29. The van der Waals surface area contributed by atoms with Gasteiger partial charge in [0.25, 0.3) is 0 Å². The highest BCUT2D eigenvalue weighted by Gasteiger charge is 2.21. The number of para-hydroxylation sites is 2. The molecule has 0 saturated heterocycles. The van der Waals surface area contributed by atoms with E-state index in [1.165, 1.54) is 0 Å². The molecule has 0 fully saturated rings. The number of rotatable bonds is 4. The van der Waals surface area contributed by atoms with Gasteiger partial charge < -0.3 is 10.4 Å². The lowest BCUT2D eigenvalue weighted by Gasteiger charge is -2.09. The smallest absolute Gasteiger partial charge is 0.324 e. The number of aromatic nitrogens is 4. The van der Waals surface area contributed by atoms with E-state index in [1.807, 2.05) is 89.6 Å². The summed E-state index contributed by atoms with van der Waals surface area (Å²) in [6.45, 7) is 0. The highest BCUT2D eigenvalue weighted by Crippen LogP contribution is 2.40. The average Bonchev–Trinajstić information content (AvgIpc) is 3.47. The lowest BCUT2D eigenvalue weighted by molar-refractivity contribution is 0.262. The van der Waals surface area contributed by atoms with E-state index >= 15 is 0 Å². The van der Waals surface area contributed by atoms with Crippen LogP contribution in [0.1, 0.15) is 0 Å². The number of H-pyrrole nitrogens is 1. The number of aromatic amines is 1. The largest absolute Gasteiger partial charge is 0.506 e. The highest BCUT2D eigenvalue weighted by atomic mass is 16.3. The Labute approximate surface area is 199 Å². The summed E-state index contributed by atoms with van der Waals surface area (Å²) < 4.78 is 1.97. The third-order valence-electron chi connectivity index (χ3n) is 5.85. The van der Waals surface area contributed by atoms with Gasteiger partial charge in [-0.15, -0.1) is 0 Å². The number of nitrogens with one attached hydrogen (secondary N) is 3. The molecular formula is C27H20N6O2. The van der Waals surface area contributed by atoms with Crippen molar-refractivity contribution in [3.8, 4) is 22.6 Å². The normalized spacial score (nSPS) is 11.1. The molecule has 8 heteroatoms. The lowest BCUT2D eigenvalue weighted by atomic mass is 10.0. The van der Waals surface area contributed by atoms with Gasteiger partial charge in [0.1, 0.15) is 17.1 Å². The zero-order valence-electron chi connectivity index (χ0n) is 18.4. The van der Waals surface area contributed by atoms with Crippen LogP contribution in [0.25, 0.3) is 38.8 Å². The van der Waals surface area contributed by atoms with E-state index in [9.17, 15) is 9.90 Å². The number of benzene rings is 3. The maximum Gasteiger partial charge on any atom is 0.324 e. The van der Waals surface area contributed by atoms with Gasteiger partial charge in [-0.05, 0) is 48.0 Å². The number of fused-ring (bicyclic) bond motifs is 2. The Balaban J connectivity index is 1.52. The van der Waals surface area contributed by atoms with Crippen LogP contribution >= 0.6 is 0 Å². The molecule has 3 heterocycles. The fourth-order valence-electron chi connectivity index (χ4n) is 4.29. The minimum Gasteiger partial charge on any atom is -0.506 e. The van der Waals surface area contributed by atoms with Crippen LogP contribution in [0.5, 0.6) is 5.75 Å². The first-order valence-electron chi connectivity index (χ1n) is 11.0. The molecule has 35 heavy (non-hydrogen) atoms. The summed E-state index contributed by atoms with van der Waals surface area (Å²) in [5, 5.41) is 25.1. The number of pyridine rings is 1. The summed E-state index contributed by atoms with van der Waals surface area (Å²) in [7, 11) is 0. The van der Waals surface area contributed by atoms with Crippen molar-refractivity contribution in [3.05, 3.63) is 97.3 Å². The molecule has 6 aromatic rings. The number of anilines is 2. The number of carbonyl (C=O) groups excluding carboxylic acids is 1. The second kappa shape index (κ2) is 8.35. The SMILES string of the molecule is O=C(Nc1ccccc1)Nc1[nH]nc2c1c(-c1ccc(O)c3ncccc13)cn2-c1ccccc1. The quantitative estimate of drug-likeness (QED) is 0.262. The van der Waals surface area contributed by atoms with Crippen LogP contribution in [0.3, 0.4) is 0 Å². The predicted octanol–water partition coefficient (Wildman–Crippen LogP) is 5.92. The molecular weight excluding hydrogens is 440 g/mol. The van der Waals surface area contributed by atoms with Gasteiger partial charge in [-0.25, -0.2) is 4.79 Å². The molecule has 6 rings (SSSR count). The zero-order valence-corrected chi connectivity index (χ0v) is 18.4. The van der Waals surface area contributed by atoms with Crippen molar-refractivity contribution in [1.29, 1.82) is 0 Å². The van der Waals surface area contributed by atoms with Crippen molar-refractivity contribution in [3.63, 3.8) is 0 Å². The monoisotopic (exact) mass is 460 g/mol. The fraction of sp³-hybridized carbons (Fsp3) is 0. The van der Waals surface area contributed by atoms with Gasteiger partial charge in [0.05, 0.1) is 5.39 Å². The van der Waals surface area contributed by atoms with Gasteiger partial charge in [-0.2, -0.15) is 5.10 Å². The Morgan fingerprint density at radius 2 is 1.63 bits per heavy atom. The summed E-state index contributed by atoms with van der Waals surface area (Å²) in [5.41, 5.74) is 4.47. The van der Waals surface area contributed by atoms with E-state index in [4.69, 9.17) is 0 Å². The van der Waals surface area contributed by atoms with Gasteiger partial charge in [-0.3, -0.25) is 20.0 Å². The number of hydrogen-bond donors (Lipinski definition) is 4. The molecule has 0 aliphatic rings. The Morgan fingerprint density at radius 3 is 2.43 bits per heavy atom. The van der Waals surface area contributed by atoms with E-state index in [1.54, 1.807) is 12.3 Å². The molecule has 0 spiro atoms. The number of aromatic hydroxyl groups is 1. The molecule has 8 nitrogen and oxygen atoms in total. The van der Waals surface area contributed by atoms with Gasteiger partial charge in [0, 0.05) is 34.7 Å². The van der Waals surface area contributed by atoms with Crippen molar-refractivity contribution in [1.82, 2.24) is 19.7 Å². The first-order chi connectivity index (χ1) is 17.2. The minimum atomic E-state index is -0.391. The first-order valence-corrected chi connectivity index (χ1v) is 11.0. The van der Waals surface area contributed by atoms with Crippen molar-refractivity contribution >= 4 is 39.5 Å². The van der Waals surface area contributed by atoms with E-state index in [0.717, 1.165) is 27.6 Å². The van der Waals surface area contributed by atoms with E-state index in [-0.39, 0.29) is 5.75 Å². The molecule has 0 aliphatic heterocycles. The second-order valence-electron chi connectivity index (χ2n) is 8.02. The number of carbonyl (C=O) groups is 1. The van der Waals surface area contributed by atoms with Crippen molar-refractivity contribution < 1.29 is 9.90 Å². The Kier molecular flexibility index (Phi) is 4.89. The van der Waals surface area contributed by atoms with Crippen LogP contribution in [-0.2, 0) is 0 Å². The summed E-state index contributed by atoms with van der Waals surface area (Å²) in [4.78, 5) is 17.1. The van der Waals surface area contributed by atoms with Gasteiger partial charge in [-0.1, -0.05) is 42.5 Å². The molecule has 2 amide bonds. The maximum atomic E-state index is 12.8. The number of urea groups is 1. The van der Waals surface area contributed by atoms with Crippen LogP contribution < -0.4 is 10.6 Å². The number of phenolic OH excluding ortho intramolecular Hbond substituents is 1. The average molecular weight is 460 g/mol. The van der Waals surface area contributed by atoms with Crippen LogP contribution in [-0.4, -0.2) is 30.9 Å². The van der Waals surface area contributed by atoms with Crippen molar-refractivity contribution in [2.24, 2.45) is 0 Å². The number of nitrogens with zero attached hydrogens (tertiary/aromatic N) is 3. The molecule has 3 aromatic heterocycles. The molecule has 0 bridgehead atoms. The minimum absolute atomic E-state index is 0.107. The van der Waals surface area contributed by atoms with Crippen LogP contribution in [0.4, 0.5) is 16.3 Å². The molecule has 0 atom stereocenters. The predicted molar refractivity (Wildman–Crippen MR) is 137 cm³/mol. The third kappa shape index (κ3) is 3.63. The number of phenols is 1. The van der Waals surface area contributed by atoms with Gasteiger partial charge in [0.15, 0.2) is 5.65 Å². The number of hydrogen-bond acceptors (Lipinski definition) is 4. The van der Waals surface area contributed by atoms with Crippen molar-refractivity contribution in [2.75, 3.05) is 10.6 Å². The Bertz CT molecular complexity index is 1670. The molecule has 0 unspecified atom stereocenters. The van der Waals surface area contributed by atoms with Crippen LogP contribution in [0, 0.1) is 0 Å². The lowest BCUT2D eigenvalue weighted by Crippen LogP contribution is -2.19. The van der Waals surface area contributed by atoms with E-state index < -0.39 is 6.03 Å². The Hall–Kier alpha value is -5.11. The summed E-state index contributed by atoms with van der Waals surface area (Å²) >= 11 is 0. The molecule has 0 aliphatic carbocycles. The second-order valence-corrected chi connectivity index (χ2v) is 8.02. The molecule has 4 N–H and O–H groups in total. The zero-order chi connectivity index (χ0) is 23.8. The molecule has 170 valence electrons. The standard InChI is InChI=1S/C27H20N6O2/c34-22-14-13-19(20-12-7-15-28-24(20)22)21-16-33(18-10-5-2-6-11-18)26-23(21)25(31-32-26)30-27(35)29-17-8-3-1-4-9-17/h1-16,34H,(H3,29,30,31,32,35). The summed E-state index contributed by atoms with van der Waals surface area (Å²) in [6.07, 6.45) is 3.63. The van der Waals surface area contributed by atoms with Gasteiger partial charge >= 0.3 is 6.03 Å². The highest BCUT2D eigenvalue weighted by molar-refractivity contribution is 6.12. The summed E-state index contributed by atoms with van der Waals surface area (Å²) in [5.74, 6) is 0.569. The van der Waals surface area contributed by atoms with Crippen molar-refractivity contribution in [2.45, 2.75) is 0 Å². The van der Waals surface area contributed by atoms with E-state index in [0.29, 0.717) is 22.7 Å². The molecule has 0 saturated carbocycles. The molecule has 3 aromatic carbocycles. The maximum absolute atomic E-state index is 12.8. The third-order valence-corrected chi connectivity index (χ3v) is 5.85. The first kappa shape index (κ1) is 20.5. The molecule has 0 radical (unpaired) electrons. The Morgan fingerprint density at radius 1 is 0.857 bits per heavy atom. The van der Waals surface area contributed by atoms with Crippen LogP contribution in [0.2, 0.25) is 0 Å². The van der Waals surface area contributed by atoms with Crippen LogP contribution in [0.15, 0.2) is 97.3 Å².